The molecule has 1 aromatic rings. The minimum Gasteiger partial charge on any atom is -0.350 e. The van der Waals surface area contributed by atoms with E-state index in [9.17, 15) is 4.79 Å². The first-order valence-corrected chi connectivity index (χ1v) is 6.88. The quantitative estimate of drug-likeness (QED) is 0.831. The summed E-state index contributed by atoms with van der Waals surface area (Å²) >= 11 is 1.63. The second kappa shape index (κ2) is 6.16. The lowest BCUT2D eigenvalue weighted by Crippen LogP contribution is -2.48. The zero-order valence-corrected chi connectivity index (χ0v) is 12.6. The van der Waals surface area contributed by atoms with Crippen LogP contribution >= 0.6 is 11.3 Å². The number of carbonyl (C=O) groups excluding carboxylic acids is 1. The SMILES string of the molecule is C/C(=C\c1cccs1)C(=O)NCC(C)(C)N(C)C. The van der Waals surface area contributed by atoms with Crippen molar-refractivity contribution < 1.29 is 4.79 Å². The van der Waals surface area contributed by atoms with Crippen molar-refractivity contribution in [3.05, 3.63) is 28.0 Å². The average Bonchev–Trinajstić information content (AvgIpc) is 2.78. The monoisotopic (exact) mass is 266 g/mol. The summed E-state index contributed by atoms with van der Waals surface area (Å²) in [5, 5.41) is 4.98. The molecule has 1 N–H and O–H groups in total. The Morgan fingerprint density at radius 2 is 2.17 bits per heavy atom. The lowest BCUT2D eigenvalue weighted by molar-refractivity contribution is -0.117. The Morgan fingerprint density at radius 3 is 2.67 bits per heavy atom. The molecule has 18 heavy (non-hydrogen) atoms. The third kappa shape index (κ3) is 4.27. The number of rotatable bonds is 5. The van der Waals surface area contributed by atoms with E-state index in [1.165, 1.54) is 0 Å². The minimum atomic E-state index is -0.0428. The van der Waals surface area contributed by atoms with E-state index in [0.29, 0.717) is 6.54 Å². The van der Waals surface area contributed by atoms with Gasteiger partial charge >= 0.3 is 0 Å². The highest BCUT2D eigenvalue weighted by Crippen LogP contribution is 2.13. The van der Waals surface area contributed by atoms with Crippen LogP contribution in [0.25, 0.3) is 6.08 Å². The second-order valence-corrected chi connectivity index (χ2v) is 6.21. The molecule has 0 saturated carbocycles. The first-order chi connectivity index (χ1) is 8.33. The van der Waals surface area contributed by atoms with Crippen LogP contribution in [0.5, 0.6) is 0 Å². The molecule has 0 radical (unpaired) electrons. The molecule has 1 amide bonds. The number of thiophene rings is 1. The van der Waals surface area contributed by atoms with Crippen LogP contribution in [0, 0.1) is 0 Å². The van der Waals surface area contributed by atoms with Gasteiger partial charge in [-0.05, 0) is 52.4 Å². The van der Waals surface area contributed by atoms with Crippen LogP contribution in [-0.2, 0) is 4.79 Å². The molecule has 100 valence electrons. The van der Waals surface area contributed by atoms with Crippen molar-refractivity contribution in [2.24, 2.45) is 0 Å². The van der Waals surface area contributed by atoms with Gasteiger partial charge in [-0.1, -0.05) is 6.07 Å². The van der Waals surface area contributed by atoms with Gasteiger partial charge in [0.2, 0.25) is 5.91 Å². The maximum Gasteiger partial charge on any atom is 0.247 e. The molecule has 0 spiro atoms. The fourth-order valence-electron chi connectivity index (χ4n) is 1.25. The van der Waals surface area contributed by atoms with E-state index in [1.807, 2.05) is 44.6 Å². The van der Waals surface area contributed by atoms with Crippen molar-refractivity contribution in [2.45, 2.75) is 26.3 Å². The smallest absolute Gasteiger partial charge is 0.247 e. The summed E-state index contributed by atoms with van der Waals surface area (Å²) in [6.07, 6.45) is 1.92. The van der Waals surface area contributed by atoms with Crippen molar-refractivity contribution in [3.8, 4) is 0 Å². The number of amides is 1. The molecule has 3 nitrogen and oxygen atoms in total. The zero-order chi connectivity index (χ0) is 13.8. The van der Waals surface area contributed by atoms with E-state index in [4.69, 9.17) is 0 Å². The number of hydrogen-bond acceptors (Lipinski definition) is 3. The maximum atomic E-state index is 11.9. The van der Waals surface area contributed by atoms with E-state index in [-0.39, 0.29) is 11.4 Å². The van der Waals surface area contributed by atoms with Crippen LogP contribution in [0.2, 0.25) is 0 Å². The van der Waals surface area contributed by atoms with Gasteiger partial charge in [-0.3, -0.25) is 4.79 Å². The summed E-state index contributed by atoms with van der Waals surface area (Å²) in [5.74, 6) is -0.00155. The van der Waals surface area contributed by atoms with Gasteiger partial charge in [-0.25, -0.2) is 0 Å². The Morgan fingerprint density at radius 1 is 1.50 bits per heavy atom. The van der Waals surface area contributed by atoms with Gasteiger partial charge in [0.25, 0.3) is 0 Å². The standard InChI is InChI=1S/C14H22N2OS/c1-11(9-12-7-6-8-18-12)13(17)15-10-14(2,3)16(4)5/h6-9H,10H2,1-5H3,(H,15,17)/b11-9+. The molecular formula is C14H22N2OS. The summed E-state index contributed by atoms with van der Waals surface area (Å²) in [6, 6.07) is 3.99. The molecule has 0 aliphatic heterocycles. The fraction of sp³-hybridized carbons (Fsp3) is 0.500. The van der Waals surface area contributed by atoms with Crippen molar-refractivity contribution in [3.63, 3.8) is 0 Å². The second-order valence-electron chi connectivity index (χ2n) is 5.23. The molecule has 0 fully saturated rings. The van der Waals surface area contributed by atoms with Crippen LogP contribution in [0.3, 0.4) is 0 Å². The molecule has 0 aliphatic carbocycles. The molecular weight excluding hydrogens is 244 g/mol. The predicted octanol–water partition coefficient (Wildman–Crippen LogP) is 2.61. The number of hydrogen-bond donors (Lipinski definition) is 1. The first-order valence-electron chi connectivity index (χ1n) is 6.00. The van der Waals surface area contributed by atoms with E-state index >= 15 is 0 Å². The highest BCUT2D eigenvalue weighted by atomic mass is 32.1. The lowest BCUT2D eigenvalue weighted by atomic mass is 10.0. The van der Waals surface area contributed by atoms with E-state index < -0.39 is 0 Å². The summed E-state index contributed by atoms with van der Waals surface area (Å²) in [4.78, 5) is 15.2. The molecule has 1 rings (SSSR count). The Kier molecular flexibility index (Phi) is 5.11. The largest absolute Gasteiger partial charge is 0.350 e. The first kappa shape index (κ1) is 14.9. The lowest BCUT2D eigenvalue weighted by Gasteiger charge is -2.32. The molecule has 0 aromatic carbocycles. The van der Waals surface area contributed by atoms with Gasteiger partial charge in [0.05, 0.1) is 0 Å². The summed E-state index contributed by atoms with van der Waals surface area (Å²) < 4.78 is 0. The highest BCUT2D eigenvalue weighted by molar-refractivity contribution is 7.10. The molecule has 1 heterocycles. The van der Waals surface area contributed by atoms with Crippen LogP contribution < -0.4 is 5.32 Å². The predicted molar refractivity (Wildman–Crippen MR) is 78.7 cm³/mol. The third-order valence-electron chi connectivity index (χ3n) is 3.15. The van der Waals surface area contributed by atoms with Gasteiger partial charge in [0.15, 0.2) is 0 Å². The van der Waals surface area contributed by atoms with Crippen LogP contribution in [0.15, 0.2) is 23.1 Å². The van der Waals surface area contributed by atoms with Crippen LogP contribution in [0.1, 0.15) is 25.6 Å². The Hall–Kier alpha value is -1.13. The minimum absolute atomic E-state index is 0.00155. The third-order valence-corrected chi connectivity index (χ3v) is 3.97. The van der Waals surface area contributed by atoms with E-state index in [0.717, 1.165) is 10.5 Å². The van der Waals surface area contributed by atoms with Gasteiger partial charge in [0.1, 0.15) is 0 Å². The molecule has 1 aromatic heterocycles. The maximum absolute atomic E-state index is 11.9. The highest BCUT2D eigenvalue weighted by Gasteiger charge is 2.21. The van der Waals surface area contributed by atoms with Crippen LogP contribution in [0.4, 0.5) is 0 Å². The number of carbonyl (C=O) groups is 1. The molecule has 0 bridgehead atoms. The summed E-state index contributed by atoms with van der Waals surface area (Å²) in [6.45, 7) is 6.68. The fourth-order valence-corrected chi connectivity index (χ4v) is 1.96. The molecule has 4 heteroatoms. The number of nitrogens with zero attached hydrogens (tertiary/aromatic N) is 1. The van der Waals surface area contributed by atoms with Crippen molar-refractivity contribution >= 4 is 23.3 Å². The molecule has 0 atom stereocenters. The van der Waals surface area contributed by atoms with Crippen molar-refractivity contribution in [1.82, 2.24) is 10.2 Å². The average molecular weight is 266 g/mol. The molecule has 0 aliphatic rings. The Bertz CT molecular complexity index is 419. The van der Waals surface area contributed by atoms with E-state index in [2.05, 4.69) is 24.1 Å². The molecule has 0 saturated heterocycles. The Balaban J connectivity index is 2.56. The van der Waals surface area contributed by atoms with Gasteiger partial charge in [0, 0.05) is 22.5 Å². The van der Waals surface area contributed by atoms with Crippen molar-refractivity contribution in [2.75, 3.05) is 20.6 Å². The topological polar surface area (TPSA) is 32.3 Å². The number of likely N-dealkylation sites (N-methyl/N-ethyl adjacent to an activating group) is 1. The van der Waals surface area contributed by atoms with E-state index in [1.54, 1.807) is 11.3 Å². The Labute approximate surface area is 114 Å². The van der Waals surface area contributed by atoms with Gasteiger partial charge in [-0.2, -0.15) is 0 Å². The normalized spacial score (nSPS) is 12.9. The summed E-state index contributed by atoms with van der Waals surface area (Å²) in [5.41, 5.74) is 0.700. The number of nitrogens with one attached hydrogen (secondary N) is 1. The summed E-state index contributed by atoms with van der Waals surface area (Å²) in [7, 11) is 4.03. The van der Waals surface area contributed by atoms with Crippen molar-refractivity contribution in [1.29, 1.82) is 0 Å². The zero-order valence-electron chi connectivity index (χ0n) is 11.8. The van der Waals surface area contributed by atoms with Gasteiger partial charge in [-0.15, -0.1) is 11.3 Å². The van der Waals surface area contributed by atoms with Gasteiger partial charge < -0.3 is 10.2 Å². The van der Waals surface area contributed by atoms with Crippen LogP contribution in [-0.4, -0.2) is 37.0 Å². The molecule has 0 unspecified atom stereocenters.